The Morgan fingerprint density at radius 1 is 0.724 bits per heavy atom. The lowest BCUT2D eigenvalue weighted by Gasteiger charge is -2.33. The molecular weight excluding hydrogens is 373 g/mol. The van der Waals surface area contributed by atoms with Gasteiger partial charge >= 0.3 is 6.18 Å². The Kier molecular flexibility index (Phi) is 13.1. The van der Waals surface area contributed by atoms with E-state index in [1.165, 1.54) is 84.1 Å². The first-order chi connectivity index (χ1) is 13.4. The molecule has 0 N–H and O–H groups in total. The summed E-state index contributed by atoms with van der Waals surface area (Å²) in [4.78, 5) is 11.7. The highest BCUT2D eigenvalue weighted by Gasteiger charge is 2.46. The molecule has 0 heterocycles. The molecule has 0 aromatic carbocycles. The van der Waals surface area contributed by atoms with Gasteiger partial charge < -0.3 is 0 Å². The van der Waals surface area contributed by atoms with Crippen LogP contribution in [0.3, 0.4) is 0 Å². The first kappa shape index (κ1) is 28.2. The first-order valence-corrected chi connectivity index (χ1v) is 11.7. The van der Waals surface area contributed by atoms with Crippen LogP contribution < -0.4 is 0 Å². The van der Waals surface area contributed by atoms with Gasteiger partial charge in [0.2, 0.25) is 5.78 Å². The summed E-state index contributed by atoms with van der Waals surface area (Å²) < 4.78 is 38.6. The van der Waals surface area contributed by atoms with Crippen LogP contribution >= 0.6 is 0 Å². The van der Waals surface area contributed by atoms with Gasteiger partial charge in [0.05, 0.1) is 5.41 Å². The molecular formula is C25H45F3O. The molecule has 0 atom stereocenters. The van der Waals surface area contributed by atoms with Gasteiger partial charge in [0, 0.05) is 0 Å². The Morgan fingerprint density at radius 2 is 1.14 bits per heavy atom. The highest BCUT2D eigenvalue weighted by atomic mass is 19.4. The van der Waals surface area contributed by atoms with Crippen molar-refractivity contribution in [2.24, 2.45) is 16.7 Å². The van der Waals surface area contributed by atoms with Crippen LogP contribution in [0.25, 0.3) is 0 Å². The average molecular weight is 419 g/mol. The van der Waals surface area contributed by atoms with Crippen LogP contribution in [0.1, 0.15) is 119 Å². The highest BCUT2D eigenvalue weighted by Crippen LogP contribution is 2.39. The minimum Gasteiger partial charge on any atom is -0.289 e. The molecule has 0 aliphatic carbocycles. The molecule has 4 heteroatoms. The summed E-state index contributed by atoms with van der Waals surface area (Å²) in [6.45, 7) is 11.4. The number of unbranched alkanes of at least 4 members (excludes halogenated alkanes) is 8. The minimum atomic E-state index is -4.80. The van der Waals surface area contributed by atoms with E-state index in [1.54, 1.807) is 0 Å². The zero-order chi connectivity index (χ0) is 22.6. The molecule has 0 spiro atoms. The number of rotatable bonds is 16. The van der Waals surface area contributed by atoms with Crippen molar-refractivity contribution in [1.82, 2.24) is 0 Å². The SMILES string of the molecule is CCCCCCCC(CCCCCCC)C(C)(C)/C=C/C(C)(C)C(=O)C(F)(F)F. The number of hydrogen-bond acceptors (Lipinski definition) is 1. The summed E-state index contributed by atoms with van der Waals surface area (Å²) in [5.41, 5.74) is -1.75. The Morgan fingerprint density at radius 3 is 1.52 bits per heavy atom. The minimum absolute atomic E-state index is 0.224. The molecule has 0 saturated carbocycles. The fraction of sp³-hybridized carbons (Fsp3) is 0.880. The molecule has 0 saturated heterocycles. The maximum Gasteiger partial charge on any atom is 0.450 e. The third-order valence-electron chi connectivity index (χ3n) is 6.14. The number of hydrogen-bond donors (Lipinski definition) is 0. The van der Waals surface area contributed by atoms with Gasteiger partial charge in [0.1, 0.15) is 0 Å². The first-order valence-electron chi connectivity index (χ1n) is 11.7. The predicted octanol–water partition coefficient (Wildman–Crippen LogP) is 9.06. The van der Waals surface area contributed by atoms with Crippen molar-refractivity contribution in [2.75, 3.05) is 0 Å². The average Bonchev–Trinajstić information content (AvgIpc) is 2.63. The molecule has 1 nitrogen and oxygen atoms in total. The van der Waals surface area contributed by atoms with Gasteiger partial charge in [-0.1, -0.05) is 104 Å². The molecule has 0 unspecified atom stereocenters. The van der Waals surface area contributed by atoms with Crippen LogP contribution in [0.4, 0.5) is 13.2 Å². The van der Waals surface area contributed by atoms with E-state index >= 15 is 0 Å². The van der Waals surface area contributed by atoms with E-state index in [0.717, 1.165) is 12.8 Å². The van der Waals surface area contributed by atoms with E-state index < -0.39 is 17.4 Å². The topological polar surface area (TPSA) is 17.1 Å². The molecule has 0 radical (unpaired) electrons. The molecule has 0 amide bonds. The molecule has 0 rings (SSSR count). The maximum atomic E-state index is 12.9. The summed E-state index contributed by atoms with van der Waals surface area (Å²) in [7, 11) is 0. The largest absolute Gasteiger partial charge is 0.450 e. The van der Waals surface area contributed by atoms with Crippen molar-refractivity contribution in [2.45, 2.75) is 125 Å². The summed E-state index contributed by atoms with van der Waals surface area (Å²) in [6, 6.07) is 0. The summed E-state index contributed by atoms with van der Waals surface area (Å²) >= 11 is 0. The third kappa shape index (κ3) is 11.8. The van der Waals surface area contributed by atoms with E-state index in [-0.39, 0.29) is 5.41 Å². The smallest absolute Gasteiger partial charge is 0.289 e. The lowest BCUT2D eigenvalue weighted by Crippen LogP contribution is -2.36. The van der Waals surface area contributed by atoms with E-state index in [0.29, 0.717) is 5.92 Å². The van der Waals surface area contributed by atoms with Crippen molar-refractivity contribution in [3.8, 4) is 0 Å². The van der Waals surface area contributed by atoms with Crippen LogP contribution in [0.15, 0.2) is 12.2 Å². The second-order valence-electron chi connectivity index (χ2n) is 9.81. The van der Waals surface area contributed by atoms with Gasteiger partial charge in [-0.15, -0.1) is 0 Å². The van der Waals surface area contributed by atoms with Gasteiger partial charge in [-0.2, -0.15) is 13.2 Å². The second-order valence-corrected chi connectivity index (χ2v) is 9.81. The van der Waals surface area contributed by atoms with Crippen LogP contribution in [-0.4, -0.2) is 12.0 Å². The van der Waals surface area contributed by atoms with Crippen LogP contribution in [0.5, 0.6) is 0 Å². The number of Topliss-reactive ketones (excluding diaryl/α,β-unsaturated/α-hetero) is 1. The van der Waals surface area contributed by atoms with E-state index in [2.05, 4.69) is 27.7 Å². The van der Waals surface area contributed by atoms with E-state index in [9.17, 15) is 18.0 Å². The van der Waals surface area contributed by atoms with Crippen molar-refractivity contribution in [1.29, 1.82) is 0 Å². The second kappa shape index (κ2) is 13.5. The molecule has 29 heavy (non-hydrogen) atoms. The Bertz CT molecular complexity index is 461. The van der Waals surface area contributed by atoms with Crippen molar-refractivity contribution in [3.63, 3.8) is 0 Å². The lowest BCUT2D eigenvalue weighted by molar-refractivity contribution is -0.178. The quantitative estimate of drug-likeness (QED) is 0.180. The van der Waals surface area contributed by atoms with Gasteiger partial charge in [-0.25, -0.2) is 0 Å². The molecule has 0 bridgehead atoms. The summed E-state index contributed by atoms with van der Waals surface area (Å²) in [5.74, 6) is -1.24. The molecule has 0 aromatic heterocycles. The zero-order valence-corrected chi connectivity index (χ0v) is 19.8. The number of halogens is 3. The number of allylic oxidation sites excluding steroid dienone is 2. The molecule has 0 aliphatic rings. The van der Waals surface area contributed by atoms with Crippen LogP contribution in [-0.2, 0) is 4.79 Å². The number of ketones is 1. The Hall–Kier alpha value is -0.800. The normalized spacial score (nSPS) is 13.6. The van der Waals surface area contributed by atoms with Gasteiger partial charge in [0.25, 0.3) is 0 Å². The molecule has 0 aromatic rings. The number of carbonyl (C=O) groups is 1. The maximum absolute atomic E-state index is 12.9. The van der Waals surface area contributed by atoms with Crippen molar-refractivity contribution < 1.29 is 18.0 Å². The fourth-order valence-electron chi connectivity index (χ4n) is 3.88. The standard InChI is InChI=1S/C25H45F3O/c1-7-9-11-13-15-17-21(18-16-14-12-10-8-2)23(3,4)19-20-24(5,6)22(29)25(26,27)28/h19-21H,7-18H2,1-6H3/b20-19+. The van der Waals surface area contributed by atoms with E-state index in [1.807, 2.05) is 6.08 Å². The number of carbonyl (C=O) groups excluding carboxylic acids is 1. The Labute approximate surface area is 177 Å². The van der Waals surface area contributed by atoms with Crippen molar-refractivity contribution in [3.05, 3.63) is 12.2 Å². The molecule has 0 fully saturated rings. The van der Waals surface area contributed by atoms with Gasteiger partial charge in [-0.3, -0.25) is 4.79 Å². The number of alkyl halides is 3. The summed E-state index contributed by atoms with van der Waals surface area (Å²) in [6.07, 6.45) is 13.0. The van der Waals surface area contributed by atoms with Gasteiger partial charge in [-0.05, 0) is 38.0 Å². The summed E-state index contributed by atoms with van der Waals surface area (Å²) in [5, 5.41) is 0. The lowest BCUT2D eigenvalue weighted by atomic mass is 9.72. The van der Waals surface area contributed by atoms with Crippen molar-refractivity contribution >= 4 is 5.78 Å². The van der Waals surface area contributed by atoms with Crippen LogP contribution in [0, 0.1) is 16.7 Å². The zero-order valence-electron chi connectivity index (χ0n) is 19.8. The van der Waals surface area contributed by atoms with Crippen LogP contribution in [0.2, 0.25) is 0 Å². The Balaban J connectivity index is 5.08. The monoisotopic (exact) mass is 418 g/mol. The predicted molar refractivity (Wildman–Crippen MR) is 118 cm³/mol. The fourth-order valence-corrected chi connectivity index (χ4v) is 3.88. The third-order valence-corrected chi connectivity index (χ3v) is 6.14. The molecule has 172 valence electrons. The highest BCUT2D eigenvalue weighted by molar-refractivity contribution is 5.90. The van der Waals surface area contributed by atoms with E-state index in [4.69, 9.17) is 0 Å². The van der Waals surface area contributed by atoms with Gasteiger partial charge in [0.15, 0.2) is 0 Å². The molecule has 0 aliphatic heterocycles.